The predicted molar refractivity (Wildman–Crippen MR) is 75.1 cm³/mol. The van der Waals surface area contributed by atoms with Crippen LogP contribution in [0.3, 0.4) is 0 Å². The third kappa shape index (κ3) is 2.99. The molecule has 2 aromatic rings. The lowest BCUT2D eigenvalue weighted by Gasteiger charge is -2.06. The van der Waals surface area contributed by atoms with E-state index in [1.54, 1.807) is 0 Å². The summed E-state index contributed by atoms with van der Waals surface area (Å²) in [5.74, 6) is 0.609. The van der Waals surface area contributed by atoms with Crippen LogP contribution in [-0.2, 0) is 6.54 Å². The molecule has 1 unspecified atom stereocenters. The lowest BCUT2D eigenvalue weighted by Crippen LogP contribution is -2.04. The van der Waals surface area contributed by atoms with Crippen molar-refractivity contribution < 1.29 is 0 Å². The first kappa shape index (κ1) is 12.8. The van der Waals surface area contributed by atoms with E-state index in [-0.39, 0.29) is 6.04 Å². The fourth-order valence-electron chi connectivity index (χ4n) is 1.97. The number of rotatable bonds is 4. The summed E-state index contributed by atoms with van der Waals surface area (Å²) in [7, 11) is 0. The van der Waals surface area contributed by atoms with Crippen molar-refractivity contribution in [1.29, 1.82) is 0 Å². The summed E-state index contributed by atoms with van der Waals surface area (Å²) in [6.45, 7) is 7.34. The van der Waals surface area contributed by atoms with E-state index >= 15 is 0 Å². The van der Waals surface area contributed by atoms with E-state index in [1.807, 2.05) is 17.8 Å². The number of hydrogen-bond acceptors (Lipinski definition) is 2. The minimum Gasteiger partial charge on any atom is -0.324 e. The molecule has 96 valence electrons. The molecule has 0 radical (unpaired) electrons. The molecule has 0 aliphatic rings. The molecule has 0 bridgehead atoms. The number of benzene rings is 1. The van der Waals surface area contributed by atoms with Gasteiger partial charge in [0.05, 0.1) is 6.20 Å². The lowest BCUT2D eigenvalue weighted by molar-refractivity contribution is 0.483. The minimum atomic E-state index is 0.0858. The predicted octanol–water partition coefficient (Wildman–Crippen LogP) is 3.23. The topological polar surface area (TPSA) is 43.8 Å². The molecule has 3 nitrogen and oxygen atoms in total. The number of hydrogen-bond donors (Lipinski definition) is 1. The SMILES string of the molecule is CC(C)Cn1cc(-c2ccc(C(C)N)cc2)cn1. The monoisotopic (exact) mass is 243 g/mol. The van der Waals surface area contributed by atoms with Gasteiger partial charge in [0.2, 0.25) is 0 Å². The fourth-order valence-corrected chi connectivity index (χ4v) is 1.97. The third-order valence-electron chi connectivity index (χ3n) is 2.96. The maximum Gasteiger partial charge on any atom is 0.0568 e. The van der Waals surface area contributed by atoms with Gasteiger partial charge in [-0.25, -0.2) is 0 Å². The molecule has 1 aromatic carbocycles. The van der Waals surface area contributed by atoms with Gasteiger partial charge in [-0.05, 0) is 24.0 Å². The Morgan fingerprint density at radius 3 is 2.33 bits per heavy atom. The molecule has 2 N–H and O–H groups in total. The molecule has 1 heterocycles. The van der Waals surface area contributed by atoms with Gasteiger partial charge in [-0.15, -0.1) is 0 Å². The molecule has 3 heteroatoms. The van der Waals surface area contributed by atoms with Crippen molar-refractivity contribution >= 4 is 0 Å². The van der Waals surface area contributed by atoms with E-state index in [1.165, 1.54) is 5.56 Å². The van der Waals surface area contributed by atoms with Gasteiger partial charge in [0.15, 0.2) is 0 Å². The second-order valence-electron chi connectivity index (χ2n) is 5.26. The van der Waals surface area contributed by atoms with Crippen LogP contribution >= 0.6 is 0 Å². The highest BCUT2D eigenvalue weighted by Crippen LogP contribution is 2.21. The van der Waals surface area contributed by atoms with Gasteiger partial charge in [0.1, 0.15) is 0 Å². The molecule has 0 fully saturated rings. The van der Waals surface area contributed by atoms with Crippen LogP contribution in [0.15, 0.2) is 36.7 Å². The van der Waals surface area contributed by atoms with Crippen molar-refractivity contribution in [1.82, 2.24) is 9.78 Å². The summed E-state index contributed by atoms with van der Waals surface area (Å²) in [6, 6.07) is 8.47. The van der Waals surface area contributed by atoms with Gasteiger partial charge >= 0.3 is 0 Å². The van der Waals surface area contributed by atoms with Crippen LogP contribution in [-0.4, -0.2) is 9.78 Å². The average Bonchev–Trinajstić information content (AvgIpc) is 2.76. The van der Waals surface area contributed by atoms with Crippen LogP contribution < -0.4 is 5.73 Å². The van der Waals surface area contributed by atoms with Crippen LogP contribution in [0, 0.1) is 5.92 Å². The maximum absolute atomic E-state index is 5.84. The summed E-state index contributed by atoms with van der Waals surface area (Å²) < 4.78 is 2.00. The molecular formula is C15H21N3. The van der Waals surface area contributed by atoms with Gasteiger partial charge in [0.25, 0.3) is 0 Å². The molecular weight excluding hydrogens is 222 g/mol. The van der Waals surface area contributed by atoms with Crippen LogP contribution in [0.5, 0.6) is 0 Å². The Morgan fingerprint density at radius 2 is 1.78 bits per heavy atom. The molecule has 0 spiro atoms. The third-order valence-corrected chi connectivity index (χ3v) is 2.96. The van der Waals surface area contributed by atoms with Crippen molar-refractivity contribution in [3.63, 3.8) is 0 Å². The van der Waals surface area contributed by atoms with Crippen molar-refractivity contribution in [3.05, 3.63) is 42.2 Å². The van der Waals surface area contributed by atoms with Gasteiger partial charge < -0.3 is 5.73 Å². The van der Waals surface area contributed by atoms with E-state index < -0.39 is 0 Å². The first-order valence-electron chi connectivity index (χ1n) is 6.44. The first-order chi connectivity index (χ1) is 8.56. The Hall–Kier alpha value is -1.61. The summed E-state index contributed by atoms with van der Waals surface area (Å²) in [5.41, 5.74) is 9.35. The molecule has 2 rings (SSSR count). The number of nitrogens with two attached hydrogens (primary N) is 1. The smallest absolute Gasteiger partial charge is 0.0568 e. The highest BCUT2D eigenvalue weighted by atomic mass is 15.3. The van der Waals surface area contributed by atoms with Crippen molar-refractivity contribution in [3.8, 4) is 11.1 Å². The van der Waals surface area contributed by atoms with Gasteiger partial charge in [-0.1, -0.05) is 38.1 Å². The Balaban J connectivity index is 2.18. The Labute approximate surface area is 109 Å². The van der Waals surface area contributed by atoms with E-state index in [0.717, 1.165) is 17.7 Å². The summed E-state index contributed by atoms with van der Waals surface area (Å²) in [4.78, 5) is 0. The second kappa shape index (κ2) is 5.36. The highest BCUT2D eigenvalue weighted by molar-refractivity contribution is 5.62. The average molecular weight is 243 g/mol. The van der Waals surface area contributed by atoms with Crippen molar-refractivity contribution in [2.45, 2.75) is 33.4 Å². The fraction of sp³-hybridized carbons (Fsp3) is 0.400. The lowest BCUT2D eigenvalue weighted by atomic mass is 10.0. The maximum atomic E-state index is 5.84. The first-order valence-corrected chi connectivity index (χ1v) is 6.44. The number of aromatic nitrogens is 2. The number of nitrogens with zero attached hydrogens (tertiary/aromatic N) is 2. The summed E-state index contributed by atoms with van der Waals surface area (Å²) >= 11 is 0. The zero-order valence-corrected chi connectivity index (χ0v) is 11.3. The zero-order chi connectivity index (χ0) is 13.1. The summed E-state index contributed by atoms with van der Waals surface area (Å²) in [6.07, 6.45) is 4.02. The second-order valence-corrected chi connectivity index (χ2v) is 5.26. The molecule has 0 aliphatic carbocycles. The van der Waals surface area contributed by atoms with E-state index in [0.29, 0.717) is 5.92 Å². The molecule has 0 aliphatic heterocycles. The Bertz CT molecular complexity index is 495. The molecule has 1 aromatic heterocycles. The standard InChI is InChI=1S/C15H21N3/c1-11(2)9-18-10-15(8-17-18)14-6-4-13(5-7-14)12(3)16/h4-8,10-12H,9,16H2,1-3H3. The van der Waals surface area contributed by atoms with Crippen LogP contribution in [0.4, 0.5) is 0 Å². The normalized spacial score (nSPS) is 12.9. The molecule has 1 atom stereocenters. The quantitative estimate of drug-likeness (QED) is 0.896. The molecule has 0 amide bonds. The van der Waals surface area contributed by atoms with E-state index in [9.17, 15) is 0 Å². The van der Waals surface area contributed by atoms with Gasteiger partial charge in [-0.2, -0.15) is 5.10 Å². The van der Waals surface area contributed by atoms with Gasteiger partial charge in [0, 0.05) is 24.3 Å². The van der Waals surface area contributed by atoms with Crippen LogP contribution in [0.25, 0.3) is 11.1 Å². The molecule has 18 heavy (non-hydrogen) atoms. The Kier molecular flexibility index (Phi) is 3.82. The van der Waals surface area contributed by atoms with Crippen LogP contribution in [0.2, 0.25) is 0 Å². The molecule has 0 saturated carbocycles. The van der Waals surface area contributed by atoms with E-state index in [2.05, 4.69) is 49.4 Å². The van der Waals surface area contributed by atoms with Crippen molar-refractivity contribution in [2.75, 3.05) is 0 Å². The summed E-state index contributed by atoms with van der Waals surface area (Å²) in [5, 5.41) is 4.38. The minimum absolute atomic E-state index is 0.0858. The zero-order valence-electron chi connectivity index (χ0n) is 11.3. The molecule has 0 saturated heterocycles. The van der Waals surface area contributed by atoms with Crippen LogP contribution in [0.1, 0.15) is 32.4 Å². The Morgan fingerprint density at radius 1 is 1.11 bits per heavy atom. The highest BCUT2D eigenvalue weighted by Gasteiger charge is 2.04. The largest absolute Gasteiger partial charge is 0.324 e. The van der Waals surface area contributed by atoms with E-state index in [4.69, 9.17) is 5.73 Å². The van der Waals surface area contributed by atoms with Gasteiger partial charge in [-0.3, -0.25) is 4.68 Å². The van der Waals surface area contributed by atoms with Crippen molar-refractivity contribution in [2.24, 2.45) is 11.7 Å².